The van der Waals surface area contributed by atoms with E-state index in [-0.39, 0.29) is 17.6 Å². The highest BCUT2D eigenvalue weighted by Crippen LogP contribution is 2.29. The second kappa shape index (κ2) is 6.77. The van der Waals surface area contributed by atoms with Crippen molar-refractivity contribution >= 4 is 5.91 Å². The van der Waals surface area contributed by atoms with Crippen molar-refractivity contribution < 1.29 is 13.6 Å². The molecular formula is C18H20FNO2. The van der Waals surface area contributed by atoms with Crippen LogP contribution in [-0.4, -0.2) is 23.9 Å². The first-order valence-corrected chi connectivity index (χ1v) is 7.80. The van der Waals surface area contributed by atoms with E-state index in [1.807, 2.05) is 17.0 Å². The maximum absolute atomic E-state index is 13.1. The summed E-state index contributed by atoms with van der Waals surface area (Å²) in [5.74, 6) is 0.455. The van der Waals surface area contributed by atoms with Crippen molar-refractivity contribution in [1.82, 2.24) is 4.90 Å². The Morgan fingerprint density at radius 2 is 1.86 bits per heavy atom. The second-order valence-electron chi connectivity index (χ2n) is 5.77. The highest BCUT2D eigenvalue weighted by atomic mass is 19.1. The third kappa shape index (κ3) is 3.38. The molecule has 1 atom stereocenters. The zero-order valence-electron chi connectivity index (χ0n) is 12.5. The zero-order chi connectivity index (χ0) is 15.4. The van der Waals surface area contributed by atoms with Crippen LogP contribution in [0.3, 0.4) is 0 Å². The predicted molar refractivity (Wildman–Crippen MR) is 82.0 cm³/mol. The van der Waals surface area contributed by atoms with Gasteiger partial charge in [0.2, 0.25) is 5.91 Å². The fraction of sp³-hybridized carbons (Fsp3) is 0.389. The molecule has 0 aliphatic carbocycles. The maximum Gasteiger partial charge on any atom is 0.223 e. The second-order valence-corrected chi connectivity index (χ2v) is 5.77. The van der Waals surface area contributed by atoms with Crippen LogP contribution in [0.2, 0.25) is 0 Å². The number of furan rings is 1. The first kappa shape index (κ1) is 14.8. The summed E-state index contributed by atoms with van der Waals surface area (Å²) in [4.78, 5) is 14.5. The van der Waals surface area contributed by atoms with E-state index in [0.29, 0.717) is 6.42 Å². The molecule has 4 heteroatoms. The number of hydrogen-bond donors (Lipinski definition) is 0. The van der Waals surface area contributed by atoms with Gasteiger partial charge in [-0.25, -0.2) is 4.39 Å². The van der Waals surface area contributed by atoms with E-state index in [1.165, 1.54) is 18.6 Å². The molecule has 1 amide bonds. The number of amides is 1. The smallest absolute Gasteiger partial charge is 0.223 e. The van der Waals surface area contributed by atoms with E-state index >= 15 is 0 Å². The number of halogens is 1. The fourth-order valence-electron chi connectivity index (χ4n) is 3.01. The van der Waals surface area contributed by atoms with Crippen molar-refractivity contribution in [2.24, 2.45) is 0 Å². The van der Waals surface area contributed by atoms with Crippen LogP contribution in [0.15, 0.2) is 47.1 Å². The zero-order valence-corrected chi connectivity index (χ0v) is 12.5. The van der Waals surface area contributed by atoms with Crippen molar-refractivity contribution in [2.45, 2.75) is 31.6 Å². The molecule has 1 aromatic carbocycles. The monoisotopic (exact) mass is 301 g/mol. The Morgan fingerprint density at radius 1 is 1.14 bits per heavy atom. The molecule has 0 bridgehead atoms. The van der Waals surface area contributed by atoms with Crippen molar-refractivity contribution in [3.63, 3.8) is 0 Å². The van der Waals surface area contributed by atoms with Crippen LogP contribution in [0.1, 0.15) is 42.9 Å². The number of nitrogens with zero attached hydrogens (tertiary/aromatic N) is 1. The first-order valence-electron chi connectivity index (χ1n) is 7.80. The van der Waals surface area contributed by atoms with Crippen molar-refractivity contribution in [2.75, 3.05) is 13.1 Å². The van der Waals surface area contributed by atoms with E-state index in [0.717, 1.165) is 37.3 Å². The molecule has 0 radical (unpaired) electrons. The fourth-order valence-corrected chi connectivity index (χ4v) is 3.01. The molecule has 0 spiro atoms. The third-order valence-corrected chi connectivity index (χ3v) is 4.25. The molecule has 1 saturated heterocycles. The van der Waals surface area contributed by atoms with Gasteiger partial charge in [-0.1, -0.05) is 12.1 Å². The number of carbonyl (C=O) groups excluding carboxylic acids is 1. The molecule has 3 nitrogen and oxygen atoms in total. The number of rotatable bonds is 4. The third-order valence-electron chi connectivity index (χ3n) is 4.25. The van der Waals surface area contributed by atoms with Gasteiger partial charge in [-0.05, 0) is 49.1 Å². The summed E-state index contributed by atoms with van der Waals surface area (Å²) >= 11 is 0. The summed E-state index contributed by atoms with van der Waals surface area (Å²) in [6.07, 6.45) is 5.32. The molecule has 0 saturated carbocycles. The molecule has 1 fully saturated rings. The Bertz CT molecular complexity index is 601. The Morgan fingerprint density at radius 3 is 2.50 bits per heavy atom. The number of carbonyl (C=O) groups is 1. The summed E-state index contributed by atoms with van der Waals surface area (Å²) in [7, 11) is 0. The lowest BCUT2D eigenvalue weighted by atomic mass is 9.92. The van der Waals surface area contributed by atoms with Crippen LogP contribution in [0.25, 0.3) is 0 Å². The number of likely N-dealkylation sites (tertiary alicyclic amines) is 1. The van der Waals surface area contributed by atoms with Crippen molar-refractivity contribution in [3.05, 3.63) is 59.8 Å². The average Bonchev–Trinajstić information content (AvgIpc) is 3.08. The van der Waals surface area contributed by atoms with Gasteiger partial charge in [0.1, 0.15) is 11.6 Å². The molecule has 2 heterocycles. The van der Waals surface area contributed by atoms with E-state index < -0.39 is 0 Å². The molecule has 0 N–H and O–H groups in total. The minimum Gasteiger partial charge on any atom is -0.469 e. The van der Waals surface area contributed by atoms with Crippen LogP contribution < -0.4 is 0 Å². The lowest BCUT2D eigenvalue weighted by Gasteiger charge is -2.28. The van der Waals surface area contributed by atoms with Gasteiger partial charge in [-0.3, -0.25) is 4.79 Å². The molecule has 1 aliphatic rings. The molecule has 3 rings (SSSR count). The van der Waals surface area contributed by atoms with Gasteiger partial charge in [0.15, 0.2) is 0 Å². The molecule has 116 valence electrons. The minimum absolute atomic E-state index is 0.144. The van der Waals surface area contributed by atoms with E-state index in [9.17, 15) is 9.18 Å². The largest absolute Gasteiger partial charge is 0.469 e. The van der Waals surface area contributed by atoms with Crippen LogP contribution in [0.4, 0.5) is 4.39 Å². The Balaban J connectivity index is 1.79. The van der Waals surface area contributed by atoms with Gasteiger partial charge in [0, 0.05) is 19.5 Å². The van der Waals surface area contributed by atoms with Gasteiger partial charge >= 0.3 is 0 Å². The molecule has 22 heavy (non-hydrogen) atoms. The Kier molecular flexibility index (Phi) is 4.56. The molecular weight excluding hydrogens is 281 g/mol. The van der Waals surface area contributed by atoms with Gasteiger partial charge in [-0.15, -0.1) is 0 Å². The van der Waals surface area contributed by atoms with Crippen molar-refractivity contribution in [1.29, 1.82) is 0 Å². The first-order chi connectivity index (χ1) is 10.7. The predicted octanol–water partition coefficient (Wildman–Crippen LogP) is 3.95. The molecule has 1 aliphatic heterocycles. The van der Waals surface area contributed by atoms with E-state index in [2.05, 4.69) is 0 Å². The van der Waals surface area contributed by atoms with Crippen LogP contribution in [0, 0.1) is 5.82 Å². The number of benzene rings is 1. The van der Waals surface area contributed by atoms with Crippen molar-refractivity contribution in [3.8, 4) is 0 Å². The molecule has 1 aromatic heterocycles. The SMILES string of the molecule is O=C(C[C@@H](c1ccc(F)cc1)c1ccco1)N1CCCCC1. The van der Waals surface area contributed by atoms with Crippen LogP contribution in [0.5, 0.6) is 0 Å². The van der Waals surface area contributed by atoms with Crippen LogP contribution in [-0.2, 0) is 4.79 Å². The highest BCUT2D eigenvalue weighted by molar-refractivity contribution is 5.77. The molecule has 2 aromatic rings. The van der Waals surface area contributed by atoms with Crippen LogP contribution >= 0.6 is 0 Å². The minimum atomic E-state index is -0.274. The maximum atomic E-state index is 13.1. The average molecular weight is 301 g/mol. The Hall–Kier alpha value is -2.10. The van der Waals surface area contributed by atoms with E-state index in [4.69, 9.17) is 4.42 Å². The summed E-state index contributed by atoms with van der Waals surface area (Å²) < 4.78 is 18.7. The lowest BCUT2D eigenvalue weighted by molar-refractivity contribution is -0.132. The summed E-state index contributed by atoms with van der Waals surface area (Å²) in [5.41, 5.74) is 0.904. The summed E-state index contributed by atoms with van der Waals surface area (Å²) in [6, 6.07) is 10.0. The highest BCUT2D eigenvalue weighted by Gasteiger charge is 2.24. The van der Waals surface area contributed by atoms with Gasteiger partial charge in [-0.2, -0.15) is 0 Å². The van der Waals surface area contributed by atoms with Gasteiger partial charge in [0.05, 0.1) is 12.2 Å². The quantitative estimate of drug-likeness (QED) is 0.856. The topological polar surface area (TPSA) is 33.5 Å². The lowest BCUT2D eigenvalue weighted by Crippen LogP contribution is -2.36. The Labute approximate surface area is 129 Å². The number of piperidine rings is 1. The van der Waals surface area contributed by atoms with Gasteiger partial charge < -0.3 is 9.32 Å². The standard InChI is InChI=1S/C18H20FNO2/c19-15-8-6-14(7-9-15)16(17-5-4-12-22-17)13-18(21)20-10-2-1-3-11-20/h4-9,12,16H,1-3,10-11,13H2/t16-/m0/s1. The summed E-state index contributed by atoms with van der Waals surface area (Å²) in [5, 5.41) is 0. The molecule has 0 unspecified atom stereocenters. The number of hydrogen-bond acceptors (Lipinski definition) is 2. The normalized spacial score (nSPS) is 16.5. The van der Waals surface area contributed by atoms with Gasteiger partial charge in [0.25, 0.3) is 0 Å². The summed E-state index contributed by atoms with van der Waals surface area (Å²) in [6.45, 7) is 1.68. The van der Waals surface area contributed by atoms with E-state index in [1.54, 1.807) is 18.4 Å².